The van der Waals surface area contributed by atoms with Gasteiger partial charge in [0.1, 0.15) is 0 Å². The van der Waals surface area contributed by atoms with Crippen molar-refractivity contribution < 1.29 is 9.13 Å². The lowest BCUT2D eigenvalue weighted by Crippen LogP contribution is -1.98. The molecule has 0 amide bonds. The standard InChI is InChI=1S/C13H9ClFN3O/c1-7-8(2)18-13(12(14)17-7)19-11-4-3-9(6-16)5-10(11)15/h3-5H,1-2H3. The van der Waals surface area contributed by atoms with Crippen LogP contribution in [-0.4, -0.2) is 9.97 Å². The van der Waals surface area contributed by atoms with Crippen LogP contribution in [0.3, 0.4) is 0 Å². The molecule has 2 rings (SSSR count). The van der Waals surface area contributed by atoms with Gasteiger partial charge in [-0.3, -0.25) is 0 Å². The molecule has 6 heteroatoms. The second-order valence-electron chi connectivity index (χ2n) is 3.85. The number of ether oxygens (including phenoxy) is 1. The van der Waals surface area contributed by atoms with Crippen LogP contribution in [-0.2, 0) is 0 Å². The molecule has 0 aliphatic heterocycles. The van der Waals surface area contributed by atoms with E-state index < -0.39 is 5.82 Å². The number of nitrogens with zero attached hydrogens (tertiary/aromatic N) is 3. The third-order valence-electron chi connectivity index (χ3n) is 2.50. The average Bonchev–Trinajstić information content (AvgIpc) is 2.38. The molecule has 0 bridgehead atoms. The Balaban J connectivity index is 2.37. The minimum absolute atomic E-state index is 0.0355. The first-order valence-corrected chi connectivity index (χ1v) is 5.77. The Morgan fingerprint density at radius 3 is 2.58 bits per heavy atom. The third kappa shape index (κ3) is 2.80. The zero-order chi connectivity index (χ0) is 14.0. The minimum atomic E-state index is -0.657. The van der Waals surface area contributed by atoms with Gasteiger partial charge < -0.3 is 4.74 Å². The fourth-order valence-electron chi connectivity index (χ4n) is 1.38. The Hall–Kier alpha value is -2.19. The van der Waals surface area contributed by atoms with Gasteiger partial charge in [-0.2, -0.15) is 5.26 Å². The van der Waals surface area contributed by atoms with Crippen molar-refractivity contribution >= 4 is 11.6 Å². The number of rotatable bonds is 2. The lowest BCUT2D eigenvalue weighted by Gasteiger charge is -2.09. The van der Waals surface area contributed by atoms with E-state index in [1.807, 2.05) is 6.07 Å². The van der Waals surface area contributed by atoms with Gasteiger partial charge in [-0.25, -0.2) is 14.4 Å². The van der Waals surface area contributed by atoms with E-state index in [9.17, 15) is 4.39 Å². The fraction of sp³-hybridized carbons (Fsp3) is 0.154. The molecule has 0 aliphatic rings. The van der Waals surface area contributed by atoms with Crippen molar-refractivity contribution in [3.63, 3.8) is 0 Å². The molecule has 0 atom stereocenters. The molecular weight excluding hydrogens is 269 g/mol. The Kier molecular flexibility index (Phi) is 3.63. The van der Waals surface area contributed by atoms with Gasteiger partial charge in [-0.15, -0.1) is 0 Å². The quantitative estimate of drug-likeness (QED) is 0.842. The molecule has 0 spiro atoms. The van der Waals surface area contributed by atoms with Crippen molar-refractivity contribution in [1.82, 2.24) is 9.97 Å². The highest BCUT2D eigenvalue weighted by molar-refractivity contribution is 6.30. The van der Waals surface area contributed by atoms with Gasteiger partial charge in [0.2, 0.25) is 0 Å². The molecule has 0 N–H and O–H groups in total. The van der Waals surface area contributed by atoms with E-state index in [0.717, 1.165) is 6.07 Å². The molecule has 0 radical (unpaired) electrons. The Morgan fingerprint density at radius 1 is 1.26 bits per heavy atom. The highest BCUT2D eigenvalue weighted by Crippen LogP contribution is 2.28. The predicted molar refractivity (Wildman–Crippen MR) is 67.7 cm³/mol. The molecular formula is C13H9ClFN3O. The maximum absolute atomic E-state index is 13.7. The highest BCUT2D eigenvalue weighted by Gasteiger charge is 2.12. The summed E-state index contributed by atoms with van der Waals surface area (Å²) in [5.74, 6) is -0.679. The van der Waals surface area contributed by atoms with Crippen molar-refractivity contribution in [3.8, 4) is 17.7 Å². The summed E-state index contributed by atoms with van der Waals surface area (Å²) >= 11 is 5.89. The minimum Gasteiger partial charge on any atom is -0.433 e. The summed E-state index contributed by atoms with van der Waals surface area (Å²) < 4.78 is 19.0. The SMILES string of the molecule is Cc1nc(Cl)c(Oc2ccc(C#N)cc2F)nc1C. The summed E-state index contributed by atoms with van der Waals surface area (Å²) in [7, 11) is 0. The molecule has 0 saturated heterocycles. The number of hydrogen-bond acceptors (Lipinski definition) is 4. The fourth-order valence-corrected chi connectivity index (χ4v) is 1.59. The summed E-state index contributed by atoms with van der Waals surface area (Å²) in [6.45, 7) is 3.51. The number of benzene rings is 1. The molecule has 96 valence electrons. The Labute approximate surface area is 114 Å². The van der Waals surface area contributed by atoms with E-state index in [1.165, 1.54) is 12.1 Å². The van der Waals surface area contributed by atoms with Crippen LogP contribution >= 0.6 is 11.6 Å². The van der Waals surface area contributed by atoms with E-state index in [1.54, 1.807) is 13.8 Å². The zero-order valence-electron chi connectivity index (χ0n) is 10.2. The van der Waals surface area contributed by atoms with E-state index in [0.29, 0.717) is 11.4 Å². The molecule has 1 heterocycles. The molecule has 0 aliphatic carbocycles. The van der Waals surface area contributed by atoms with Crippen LogP contribution in [0.1, 0.15) is 17.0 Å². The van der Waals surface area contributed by atoms with Gasteiger partial charge in [0.05, 0.1) is 23.0 Å². The van der Waals surface area contributed by atoms with Gasteiger partial charge in [-0.05, 0) is 32.0 Å². The van der Waals surface area contributed by atoms with Crippen molar-refractivity contribution in [1.29, 1.82) is 5.26 Å². The van der Waals surface area contributed by atoms with E-state index >= 15 is 0 Å². The van der Waals surface area contributed by atoms with Crippen molar-refractivity contribution in [2.75, 3.05) is 0 Å². The summed E-state index contributed by atoms with van der Waals surface area (Å²) in [6.07, 6.45) is 0. The van der Waals surface area contributed by atoms with Gasteiger partial charge in [0, 0.05) is 0 Å². The Bertz CT molecular complexity index is 682. The first-order chi connectivity index (χ1) is 9.01. The molecule has 2 aromatic rings. The molecule has 0 saturated carbocycles. The molecule has 4 nitrogen and oxygen atoms in total. The summed E-state index contributed by atoms with van der Waals surface area (Å²) in [5.41, 5.74) is 1.54. The largest absolute Gasteiger partial charge is 0.433 e. The van der Waals surface area contributed by atoms with Crippen molar-refractivity contribution in [3.05, 3.63) is 46.1 Å². The lowest BCUT2D eigenvalue weighted by molar-refractivity contribution is 0.424. The average molecular weight is 278 g/mol. The third-order valence-corrected chi connectivity index (χ3v) is 2.75. The number of aryl methyl sites for hydroxylation is 2. The van der Waals surface area contributed by atoms with Crippen LogP contribution in [0.4, 0.5) is 4.39 Å². The summed E-state index contributed by atoms with van der Waals surface area (Å²) in [4.78, 5) is 8.14. The van der Waals surface area contributed by atoms with Crippen LogP contribution in [0.15, 0.2) is 18.2 Å². The first-order valence-electron chi connectivity index (χ1n) is 5.39. The molecule has 0 fully saturated rings. The topological polar surface area (TPSA) is 58.8 Å². The van der Waals surface area contributed by atoms with Crippen molar-refractivity contribution in [2.24, 2.45) is 0 Å². The van der Waals surface area contributed by atoms with Gasteiger partial charge in [0.25, 0.3) is 5.88 Å². The molecule has 1 aromatic heterocycles. The zero-order valence-corrected chi connectivity index (χ0v) is 11.0. The van der Waals surface area contributed by atoms with E-state index in [2.05, 4.69) is 9.97 Å². The Morgan fingerprint density at radius 2 is 1.95 bits per heavy atom. The summed E-state index contributed by atoms with van der Waals surface area (Å²) in [6, 6.07) is 5.71. The van der Waals surface area contributed by atoms with Crippen LogP contribution in [0.25, 0.3) is 0 Å². The van der Waals surface area contributed by atoms with Crippen LogP contribution in [0, 0.1) is 31.0 Å². The van der Waals surface area contributed by atoms with Gasteiger partial charge in [-0.1, -0.05) is 11.6 Å². The highest BCUT2D eigenvalue weighted by atomic mass is 35.5. The lowest BCUT2D eigenvalue weighted by atomic mass is 10.2. The second-order valence-corrected chi connectivity index (χ2v) is 4.21. The molecule has 1 aromatic carbocycles. The molecule has 0 unspecified atom stereocenters. The number of aromatic nitrogens is 2. The van der Waals surface area contributed by atoms with E-state index in [4.69, 9.17) is 21.6 Å². The maximum atomic E-state index is 13.7. The van der Waals surface area contributed by atoms with Gasteiger partial charge >= 0.3 is 0 Å². The van der Waals surface area contributed by atoms with E-state index in [-0.39, 0.29) is 22.3 Å². The van der Waals surface area contributed by atoms with Crippen LogP contribution in [0.5, 0.6) is 11.6 Å². The predicted octanol–water partition coefficient (Wildman–Crippen LogP) is 3.55. The van der Waals surface area contributed by atoms with Crippen LogP contribution < -0.4 is 4.74 Å². The summed E-state index contributed by atoms with van der Waals surface area (Å²) in [5, 5.41) is 8.71. The van der Waals surface area contributed by atoms with Crippen LogP contribution in [0.2, 0.25) is 5.15 Å². The number of nitriles is 1. The monoisotopic (exact) mass is 277 g/mol. The number of hydrogen-bond donors (Lipinski definition) is 0. The van der Waals surface area contributed by atoms with Gasteiger partial charge in [0.15, 0.2) is 16.7 Å². The second kappa shape index (κ2) is 5.21. The maximum Gasteiger partial charge on any atom is 0.258 e. The van der Waals surface area contributed by atoms with Crippen molar-refractivity contribution in [2.45, 2.75) is 13.8 Å². The number of halogens is 2. The molecule has 19 heavy (non-hydrogen) atoms. The first kappa shape index (κ1) is 13.2. The normalized spacial score (nSPS) is 10.1. The smallest absolute Gasteiger partial charge is 0.258 e.